The van der Waals surface area contributed by atoms with Crippen LogP contribution >= 0.6 is 0 Å². The van der Waals surface area contributed by atoms with Crippen molar-refractivity contribution in [1.29, 1.82) is 0 Å². The first-order valence-corrected chi connectivity index (χ1v) is 8.42. The lowest BCUT2D eigenvalue weighted by molar-refractivity contribution is -0.117. The summed E-state index contributed by atoms with van der Waals surface area (Å²) in [6.45, 7) is 0.666. The summed E-state index contributed by atoms with van der Waals surface area (Å²) in [6, 6.07) is 12.1. The van der Waals surface area contributed by atoms with Gasteiger partial charge in [0.15, 0.2) is 0 Å². The van der Waals surface area contributed by atoms with E-state index in [0.717, 1.165) is 12.1 Å². The zero-order valence-electron chi connectivity index (χ0n) is 14.1. The molecule has 1 heterocycles. The molecule has 1 unspecified atom stereocenters. The van der Waals surface area contributed by atoms with Crippen molar-refractivity contribution in [2.75, 3.05) is 23.3 Å². The number of aliphatic hydroxyl groups excluding tert-OH is 1. The van der Waals surface area contributed by atoms with Crippen LogP contribution in [0, 0.1) is 5.82 Å². The summed E-state index contributed by atoms with van der Waals surface area (Å²) in [5.41, 5.74) is 1.77. The van der Waals surface area contributed by atoms with Crippen LogP contribution < -0.4 is 15.5 Å². The largest absolute Gasteiger partial charge is 0.387 e. The lowest BCUT2D eigenvalue weighted by Crippen LogP contribution is -2.32. The molecule has 2 aromatic rings. The minimum Gasteiger partial charge on any atom is -0.387 e. The fraction of sp³-hybridized carbons (Fsp3) is 0.263. The Labute approximate surface area is 150 Å². The Hall–Kier alpha value is -2.93. The van der Waals surface area contributed by atoms with Gasteiger partial charge in [-0.15, -0.1) is 0 Å². The number of hydrogen-bond donors (Lipinski definition) is 3. The molecule has 3 rings (SSSR count). The Morgan fingerprint density at radius 1 is 1.23 bits per heavy atom. The average molecular weight is 357 g/mol. The molecule has 1 saturated heterocycles. The minimum atomic E-state index is -1.000. The number of urea groups is 1. The number of rotatable bonds is 5. The van der Waals surface area contributed by atoms with Crippen LogP contribution in [0.3, 0.4) is 0 Å². The van der Waals surface area contributed by atoms with Gasteiger partial charge in [-0.05, 0) is 48.4 Å². The number of aliphatic hydroxyl groups is 1. The molecule has 1 aliphatic rings. The van der Waals surface area contributed by atoms with Crippen LogP contribution in [0.1, 0.15) is 24.5 Å². The molecule has 0 radical (unpaired) electrons. The molecule has 2 aromatic carbocycles. The lowest BCUT2D eigenvalue weighted by atomic mass is 10.1. The number of anilines is 2. The summed E-state index contributed by atoms with van der Waals surface area (Å²) in [4.78, 5) is 25.4. The Morgan fingerprint density at radius 3 is 2.65 bits per heavy atom. The molecule has 6 nitrogen and oxygen atoms in total. The topological polar surface area (TPSA) is 81.7 Å². The number of amides is 3. The number of carbonyl (C=O) groups is 2. The number of benzene rings is 2. The van der Waals surface area contributed by atoms with Gasteiger partial charge in [0, 0.05) is 30.9 Å². The molecule has 7 heteroatoms. The second-order valence-electron chi connectivity index (χ2n) is 6.10. The molecule has 0 saturated carbocycles. The molecule has 136 valence electrons. The number of hydrogen-bond acceptors (Lipinski definition) is 3. The van der Waals surface area contributed by atoms with Crippen LogP contribution in [0.4, 0.5) is 20.6 Å². The van der Waals surface area contributed by atoms with Crippen molar-refractivity contribution in [2.45, 2.75) is 18.9 Å². The maximum absolute atomic E-state index is 13.1. The van der Waals surface area contributed by atoms with Crippen molar-refractivity contribution in [3.8, 4) is 0 Å². The van der Waals surface area contributed by atoms with E-state index in [4.69, 9.17) is 0 Å². The smallest absolute Gasteiger partial charge is 0.319 e. The van der Waals surface area contributed by atoms with Crippen molar-refractivity contribution in [3.05, 3.63) is 59.9 Å². The van der Waals surface area contributed by atoms with E-state index in [9.17, 15) is 19.1 Å². The van der Waals surface area contributed by atoms with Crippen molar-refractivity contribution < 1.29 is 19.1 Å². The summed E-state index contributed by atoms with van der Waals surface area (Å²) in [5, 5.41) is 15.2. The molecule has 0 aromatic heterocycles. The van der Waals surface area contributed by atoms with Crippen LogP contribution in [0.5, 0.6) is 0 Å². The fourth-order valence-corrected chi connectivity index (χ4v) is 2.84. The van der Waals surface area contributed by atoms with Gasteiger partial charge in [0.05, 0.1) is 6.10 Å². The zero-order valence-corrected chi connectivity index (χ0v) is 14.1. The average Bonchev–Trinajstić information content (AvgIpc) is 3.06. The lowest BCUT2D eigenvalue weighted by Gasteiger charge is -2.16. The third-order valence-electron chi connectivity index (χ3n) is 4.20. The molecule has 3 N–H and O–H groups in total. The van der Waals surface area contributed by atoms with E-state index in [1.54, 1.807) is 35.2 Å². The minimum absolute atomic E-state index is 0.0460. The SMILES string of the molecule is O=C(NCC(O)c1cccc(F)c1)Nc1ccc(N2CCCC2=O)cc1. The first-order chi connectivity index (χ1) is 12.5. The van der Waals surface area contributed by atoms with E-state index in [2.05, 4.69) is 10.6 Å². The molecular weight excluding hydrogens is 337 g/mol. The fourth-order valence-electron chi connectivity index (χ4n) is 2.84. The maximum Gasteiger partial charge on any atom is 0.319 e. The zero-order chi connectivity index (χ0) is 18.5. The second-order valence-corrected chi connectivity index (χ2v) is 6.10. The highest BCUT2D eigenvalue weighted by Gasteiger charge is 2.21. The molecule has 1 aliphatic heterocycles. The van der Waals surface area contributed by atoms with Gasteiger partial charge >= 0.3 is 6.03 Å². The molecule has 1 fully saturated rings. The second kappa shape index (κ2) is 7.97. The van der Waals surface area contributed by atoms with E-state index in [1.807, 2.05) is 0 Å². The molecule has 26 heavy (non-hydrogen) atoms. The van der Waals surface area contributed by atoms with Crippen LogP contribution in [0.15, 0.2) is 48.5 Å². The van der Waals surface area contributed by atoms with Gasteiger partial charge < -0.3 is 20.6 Å². The monoisotopic (exact) mass is 357 g/mol. The standard InChI is InChI=1S/C19H20FN3O3/c20-14-4-1-3-13(11-14)17(24)12-21-19(26)22-15-6-8-16(9-7-15)23-10-2-5-18(23)25/h1,3-4,6-9,11,17,24H,2,5,10,12H2,(H2,21,22,26). The van der Waals surface area contributed by atoms with Crippen molar-refractivity contribution >= 4 is 23.3 Å². The normalized spacial score (nSPS) is 15.0. The molecule has 3 amide bonds. The summed E-state index contributed by atoms with van der Waals surface area (Å²) >= 11 is 0. The molecule has 0 bridgehead atoms. The summed E-state index contributed by atoms with van der Waals surface area (Å²) in [5.74, 6) is -0.336. The van der Waals surface area contributed by atoms with Gasteiger partial charge in [0.2, 0.25) is 5.91 Å². The highest BCUT2D eigenvalue weighted by molar-refractivity contribution is 5.96. The van der Waals surface area contributed by atoms with Gasteiger partial charge in [0.25, 0.3) is 0 Å². The predicted molar refractivity (Wildman–Crippen MR) is 96.4 cm³/mol. The first-order valence-electron chi connectivity index (χ1n) is 8.42. The van der Waals surface area contributed by atoms with E-state index in [0.29, 0.717) is 24.2 Å². The predicted octanol–water partition coefficient (Wildman–Crippen LogP) is 2.81. The summed E-state index contributed by atoms with van der Waals surface area (Å²) in [7, 11) is 0. The number of nitrogens with one attached hydrogen (secondary N) is 2. The van der Waals surface area contributed by atoms with E-state index in [-0.39, 0.29) is 12.5 Å². The highest BCUT2D eigenvalue weighted by atomic mass is 19.1. The van der Waals surface area contributed by atoms with Crippen LogP contribution in [-0.2, 0) is 4.79 Å². The number of nitrogens with zero attached hydrogens (tertiary/aromatic N) is 1. The molecule has 1 atom stereocenters. The van der Waals surface area contributed by atoms with E-state index >= 15 is 0 Å². The van der Waals surface area contributed by atoms with Gasteiger partial charge in [-0.3, -0.25) is 4.79 Å². The van der Waals surface area contributed by atoms with Crippen LogP contribution in [0.25, 0.3) is 0 Å². The van der Waals surface area contributed by atoms with Gasteiger partial charge in [-0.1, -0.05) is 12.1 Å². The summed E-state index contributed by atoms with van der Waals surface area (Å²) < 4.78 is 13.1. The van der Waals surface area contributed by atoms with Gasteiger partial charge in [-0.2, -0.15) is 0 Å². The Morgan fingerprint density at radius 2 is 2.00 bits per heavy atom. The van der Waals surface area contributed by atoms with Crippen molar-refractivity contribution in [1.82, 2.24) is 5.32 Å². The maximum atomic E-state index is 13.1. The Bertz CT molecular complexity index is 795. The van der Waals surface area contributed by atoms with Crippen molar-refractivity contribution in [2.24, 2.45) is 0 Å². The molecule has 0 aliphatic carbocycles. The quantitative estimate of drug-likeness (QED) is 0.770. The first kappa shape index (κ1) is 17.9. The number of halogens is 1. The third kappa shape index (κ3) is 4.37. The Kier molecular flexibility index (Phi) is 5.48. The molecule has 0 spiro atoms. The van der Waals surface area contributed by atoms with E-state index < -0.39 is 18.0 Å². The number of carbonyl (C=O) groups excluding carboxylic acids is 2. The van der Waals surface area contributed by atoms with Crippen LogP contribution in [0.2, 0.25) is 0 Å². The molecular formula is C19H20FN3O3. The highest BCUT2D eigenvalue weighted by Crippen LogP contribution is 2.23. The Balaban J connectivity index is 1.51. The summed E-state index contributed by atoms with van der Waals surface area (Å²) in [6.07, 6.45) is 0.422. The van der Waals surface area contributed by atoms with Gasteiger partial charge in [-0.25, -0.2) is 9.18 Å². The van der Waals surface area contributed by atoms with Crippen molar-refractivity contribution in [3.63, 3.8) is 0 Å². The van der Waals surface area contributed by atoms with Gasteiger partial charge in [0.1, 0.15) is 5.82 Å². The van der Waals surface area contributed by atoms with Crippen LogP contribution in [-0.4, -0.2) is 30.1 Å². The van der Waals surface area contributed by atoms with E-state index in [1.165, 1.54) is 18.2 Å². The third-order valence-corrected chi connectivity index (χ3v) is 4.20.